The van der Waals surface area contributed by atoms with Gasteiger partial charge in [0.25, 0.3) is 0 Å². The van der Waals surface area contributed by atoms with Gasteiger partial charge in [-0.25, -0.2) is 9.59 Å². The van der Waals surface area contributed by atoms with Crippen LogP contribution >= 0.6 is 0 Å². The molecule has 7 nitrogen and oxygen atoms in total. The van der Waals surface area contributed by atoms with Crippen LogP contribution in [0.2, 0.25) is 0 Å². The van der Waals surface area contributed by atoms with Crippen molar-refractivity contribution in [1.82, 2.24) is 15.5 Å². The van der Waals surface area contributed by atoms with Crippen molar-refractivity contribution in [2.24, 2.45) is 5.92 Å². The first kappa shape index (κ1) is 20.2. The Balaban J connectivity index is 1.90. The van der Waals surface area contributed by atoms with Crippen LogP contribution in [0.1, 0.15) is 38.3 Å². The minimum atomic E-state index is -0.560. The fourth-order valence-corrected chi connectivity index (χ4v) is 3.71. The molecule has 7 heteroatoms. The molecule has 0 aliphatic carbocycles. The van der Waals surface area contributed by atoms with E-state index in [1.807, 2.05) is 31.2 Å². The molecular formula is C21H29N3O4. The number of likely N-dealkylation sites (tertiary alicyclic amines) is 1. The van der Waals surface area contributed by atoms with E-state index in [1.165, 1.54) is 7.11 Å². The summed E-state index contributed by atoms with van der Waals surface area (Å²) in [6, 6.07) is 6.54. The molecular weight excluding hydrogens is 358 g/mol. The SMILES string of the molecule is CCOc1ccc([C@@H]2NC(=O)NC(CN3CCC(C)CC3)=C2C(=O)OC)cc1. The van der Waals surface area contributed by atoms with Gasteiger partial charge in [-0.15, -0.1) is 0 Å². The molecule has 2 aliphatic rings. The van der Waals surface area contributed by atoms with Crippen molar-refractivity contribution in [2.75, 3.05) is 33.4 Å². The van der Waals surface area contributed by atoms with Gasteiger partial charge in [0.1, 0.15) is 5.75 Å². The largest absolute Gasteiger partial charge is 0.494 e. The van der Waals surface area contributed by atoms with Crippen LogP contribution in [-0.4, -0.2) is 50.3 Å². The highest BCUT2D eigenvalue weighted by Crippen LogP contribution is 2.30. The minimum Gasteiger partial charge on any atom is -0.494 e. The van der Waals surface area contributed by atoms with Crippen molar-refractivity contribution in [3.63, 3.8) is 0 Å². The molecule has 0 saturated carbocycles. The molecule has 0 aromatic heterocycles. The number of carbonyl (C=O) groups excluding carboxylic acids is 2. The second-order valence-corrected chi connectivity index (χ2v) is 7.38. The number of amides is 2. The fraction of sp³-hybridized carbons (Fsp3) is 0.524. The first-order valence-electron chi connectivity index (χ1n) is 9.85. The first-order valence-corrected chi connectivity index (χ1v) is 9.85. The summed E-state index contributed by atoms with van der Waals surface area (Å²) in [6.07, 6.45) is 2.24. The molecule has 0 unspecified atom stereocenters. The van der Waals surface area contributed by atoms with Gasteiger partial charge in [0.15, 0.2) is 0 Å². The van der Waals surface area contributed by atoms with Crippen molar-refractivity contribution in [3.8, 4) is 5.75 Å². The molecule has 1 atom stereocenters. The Labute approximate surface area is 166 Å². The molecule has 2 N–H and O–H groups in total. The quantitative estimate of drug-likeness (QED) is 0.734. The number of hydrogen-bond donors (Lipinski definition) is 2. The number of urea groups is 1. The van der Waals surface area contributed by atoms with E-state index in [-0.39, 0.29) is 6.03 Å². The Kier molecular flexibility index (Phi) is 6.57. The van der Waals surface area contributed by atoms with E-state index in [9.17, 15) is 9.59 Å². The number of nitrogens with zero attached hydrogens (tertiary/aromatic N) is 1. The van der Waals surface area contributed by atoms with Crippen LogP contribution in [0, 0.1) is 5.92 Å². The Bertz CT molecular complexity index is 737. The van der Waals surface area contributed by atoms with Crippen LogP contribution in [0.25, 0.3) is 0 Å². The van der Waals surface area contributed by atoms with E-state index >= 15 is 0 Å². The molecule has 1 saturated heterocycles. The van der Waals surface area contributed by atoms with Crippen molar-refractivity contribution in [3.05, 3.63) is 41.1 Å². The predicted molar refractivity (Wildman–Crippen MR) is 106 cm³/mol. The van der Waals surface area contributed by atoms with E-state index in [0.717, 1.165) is 37.2 Å². The van der Waals surface area contributed by atoms with Crippen LogP contribution in [0.4, 0.5) is 4.79 Å². The minimum absolute atomic E-state index is 0.313. The van der Waals surface area contributed by atoms with Crippen LogP contribution in [-0.2, 0) is 9.53 Å². The molecule has 2 heterocycles. The summed E-state index contributed by atoms with van der Waals surface area (Å²) < 4.78 is 10.5. The monoisotopic (exact) mass is 387 g/mol. The molecule has 152 valence electrons. The standard InChI is InChI=1S/C21H29N3O4/c1-4-28-16-7-5-15(6-8-16)19-18(20(25)27-3)17(22-21(26)23-19)13-24-11-9-14(2)10-12-24/h5-8,14,19H,4,9-13H2,1-3H3,(H2,22,23,26)/t19-/m0/s1. The molecule has 1 fully saturated rings. The van der Waals surface area contributed by atoms with Crippen LogP contribution in [0.5, 0.6) is 5.75 Å². The van der Waals surface area contributed by atoms with Gasteiger partial charge in [0, 0.05) is 12.2 Å². The van der Waals surface area contributed by atoms with Gasteiger partial charge in [-0.2, -0.15) is 0 Å². The van der Waals surface area contributed by atoms with Crippen LogP contribution in [0.3, 0.4) is 0 Å². The number of methoxy groups -OCH3 is 1. The lowest BCUT2D eigenvalue weighted by molar-refractivity contribution is -0.136. The molecule has 3 rings (SSSR count). The van der Waals surface area contributed by atoms with Crippen molar-refractivity contribution in [1.29, 1.82) is 0 Å². The highest BCUT2D eigenvalue weighted by atomic mass is 16.5. The molecule has 28 heavy (non-hydrogen) atoms. The molecule has 0 spiro atoms. The number of carbonyl (C=O) groups is 2. The van der Waals surface area contributed by atoms with E-state index in [1.54, 1.807) is 0 Å². The highest BCUT2D eigenvalue weighted by molar-refractivity contribution is 5.95. The summed E-state index contributed by atoms with van der Waals surface area (Å²) in [5, 5.41) is 5.69. The maximum atomic E-state index is 12.6. The van der Waals surface area contributed by atoms with Crippen LogP contribution in [0.15, 0.2) is 35.5 Å². The summed E-state index contributed by atoms with van der Waals surface area (Å²) >= 11 is 0. The molecule has 2 amide bonds. The highest BCUT2D eigenvalue weighted by Gasteiger charge is 2.34. The smallest absolute Gasteiger partial charge is 0.338 e. The molecule has 0 bridgehead atoms. The molecule has 1 aromatic carbocycles. The zero-order valence-corrected chi connectivity index (χ0v) is 16.8. The molecule has 1 aromatic rings. The van der Waals surface area contributed by atoms with Gasteiger partial charge >= 0.3 is 12.0 Å². The Morgan fingerprint density at radius 2 is 1.89 bits per heavy atom. The lowest BCUT2D eigenvalue weighted by Crippen LogP contribution is -2.49. The number of esters is 1. The summed E-state index contributed by atoms with van der Waals surface area (Å²) in [6.45, 7) is 7.19. The summed E-state index contributed by atoms with van der Waals surface area (Å²) in [5.41, 5.74) is 1.87. The summed E-state index contributed by atoms with van der Waals surface area (Å²) in [4.78, 5) is 27.2. The average molecular weight is 387 g/mol. The third-order valence-corrected chi connectivity index (χ3v) is 5.34. The third kappa shape index (κ3) is 4.65. The zero-order chi connectivity index (χ0) is 20.1. The second kappa shape index (κ2) is 9.10. The first-order chi connectivity index (χ1) is 13.5. The van der Waals surface area contributed by atoms with Gasteiger partial charge in [0.2, 0.25) is 0 Å². The zero-order valence-electron chi connectivity index (χ0n) is 16.8. The van der Waals surface area contributed by atoms with Crippen molar-refractivity contribution < 1.29 is 19.1 Å². The van der Waals surface area contributed by atoms with Gasteiger partial charge in [-0.05, 0) is 56.5 Å². The number of rotatable bonds is 6. The Morgan fingerprint density at radius 3 is 2.50 bits per heavy atom. The van der Waals surface area contributed by atoms with Gasteiger partial charge in [0.05, 0.1) is 25.3 Å². The van der Waals surface area contributed by atoms with E-state index in [4.69, 9.17) is 9.47 Å². The van der Waals surface area contributed by atoms with Gasteiger partial charge < -0.3 is 20.1 Å². The summed E-state index contributed by atoms with van der Waals surface area (Å²) in [7, 11) is 1.36. The van der Waals surface area contributed by atoms with Gasteiger partial charge in [-0.1, -0.05) is 19.1 Å². The van der Waals surface area contributed by atoms with E-state index < -0.39 is 12.0 Å². The molecule has 0 radical (unpaired) electrons. The maximum absolute atomic E-state index is 12.6. The van der Waals surface area contributed by atoms with Crippen LogP contribution < -0.4 is 15.4 Å². The number of benzene rings is 1. The second-order valence-electron chi connectivity index (χ2n) is 7.38. The molecule has 2 aliphatic heterocycles. The fourth-order valence-electron chi connectivity index (χ4n) is 3.71. The normalized spacial score (nSPS) is 21.1. The Morgan fingerprint density at radius 1 is 1.21 bits per heavy atom. The van der Waals surface area contributed by atoms with Gasteiger partial charge in [-0.3, -0.25) is 4.90 Å². The third-order valence-electron chi connectivity index (χ3n) is 5.34. The van der Waals surface area contributed by atoms with E-state index in [2.05, 4.69) is 22.5 Å². The maximum Gasteiger partial charge on any atom is 0.338 e. The topological polar surface area (TPSA) is 79.9 Å². The number of ether oxygens (including phenoxy) is 2. The lowest BCUT2D eigenvalue weighted by atomic mass is 9.94. The van der Waals surface area contributed by atoms with E-state index in [0.29, 0.717) is 30.3 Å². The number of nitrogens with one attached hydrogen (secondary N) is 2. The van der Waals surface area contributed by atoms with Crippen molar-refractivity contribution >= 4 is 12.0 Å². The lowest BCUT2D eigenvalue weighted by Gasteiger charge is -2.34. The number of piperidine rings is 1. The van der Waals surface area contributed by atoms with Crippen molar-refractivity contribution in [2.45, 2.75) is 32.7 Å². The Hall–Kier alpha value is -2.54. The predicted octanol–water partition coefficient (Wildman–Crippen LogP) is 2.60. The summed E-state index contributed by atoms with van der Waals surface area (Å²) in [5.74, 6) is 1.02. The number of hydrogen-bond acceptors (Lipinski definition) is 5. The average Bonchev–Trinajstić information content (AvgIpc) is 2.69.